The van der Waals surface area contributed by atoms with Gasteiger partial charge in [0.25, 0.3) is 5.91 Å². The molecule has 0 N–H and O–H groups in total. The fourth-order valence-corrected chi connectivity index (χ4v) is 4.51. The van der Waals surface area contributed by atoms with Gasteiger partial charge in [0.15, 0.2) is 0 Å². The van der Waals surface area contributed by atoms with Crippen LogP contribution in [0.25, 0.3) is 0 Å². The van der Waals surface area contributed by atoms with E-state index in [4.69, 9.17) is 0 Å². The minimum absolute atomic E-state index is 0.0672. The molecule has 0 bridgehead atoms. The molecule has 1 heterocycles. The quantitative estimate of drug-likeness (QED) is 0.238. The summed E-state index contributed by atoms with van der Waals surface area (Å²) in [7, 11) is 0. The van der Waals surface area contributed by atoms with E-state index in [-0.39, 0.29) is 30.0 Å². The second-order valence-corrected chi connectivity index (χ2v) is 10.8. The van der Waals surface area contributed by atoms with E-state index in [1.165, 1.54) is 28.2 Å². The normalized spacial score (nSPS) is 12.4. The van der Waals surface area contributed by atoms with Crippen LogP contribution in [0.2, 0.25) is 0 Å². The first-order chi connectivity index (χ1) is 18.9. The second-order valence-electron chi connectivity index (χ2n) is 10.8. The van der Waals surface area contributed by atoms with Crippen molar-refractivity contribution in [2.24, 2.45) is 5.92 Å². The van der Waals surface area contributed by atoms with E-state index < -0.39 is 17.6 Å². The van der Waals surface area contributed by atoms with Crippen LogP contribution in [0.5, 0.6) is 0 Å². The lowest BCUT2D eigenvalue weighted by atomic mass is 10.1. The summed E-state index contributed by atoms with van der Waals surface area (Å²) in [5.74, 6) is -0.356. The second kappa shape index (κ2) is 13.7. The zero-order valence-electron chi connectivity index (χ0n) is 24.0. The largest absolute Gasteiger partial charge is 0.416 e. The SMILES string of the molecule is CCC(C)N(Cc1cccn1Cc1ccccc1C)C(=O)CN(CCC(C)C)C(=O)c1ccc(C(F)(F)F)cc1. The highest BCUT2D eigenvalue weighted by atomic mass is 19.4. The summed E-state index contributed by atoms with van der Waals surface area (Å²) in [4.78, 5) is 30.4. The molecule has 3 aromatic rings. The fraction of sp³-hybridized carbons (Fsp3) is 0.438. The molecule has 5 nitrogen and oxygen atoms in total. The number of amides is 2. The molecule has 0 spiro atoms. The number of nitrogens with zero attached hydrogens (tertiary/aromatic N) is 3. The van der Waals surface area contributed by atoms with Crippen molar-refractivity contribution in [2.45, 2.75) is 72.8 Å². The van der Waals surface area contributed by atoms with Gasteiger partial charge in [0.05, 0.1) is 12.1 Å². The molecule has 8 heteroatoms. The maximum absolute atomic E-state index is 13.7. The Hall–Kier alpha value is -3.55. The van der Waals surface area contributed by atoms with E-state index >= 15 is 0 Å². The number of rotatable bonds is 12. The Kier molecular flexibility index (Phi) is 10.6. The number of halogens is 3. The fourth-order valence-electron chi connectivity index (χ4n) is 4.51. The number of hydrogen-bond acceptors (Lipinski definition) is 2. The van der Waals surface area contributed by atoms with Crippen molar-refractivity contribution in [2.75, 3.05) is 13.1 Å². The first-order valence-corrected chi connectivity index (χ1v) is 13.8. The van der Waals surface area contributed by atoms with Gasteiger partial charge in [0.2, 0.25) is 5.91 Å². The molecule has 40 heavy (non-hydrogen) atoms. The van der Waals surface area contributed by atoms with Gasteiger partial charge in [-0.2, -0.15) is 13.2 Å². The maximum Gasteiger partial charge on any atom is 0.416 e. The van der Waals surface area contributed by atoms with Crippen LogP contribution in [-0.4, -0.2) is 45.3 Å². The molecular formula is C32H40F3N3O2. The van der Waals surface area contributed by atoms with Gasteiger partial charge in [0.1, 0.15) is 6.54 Å². The molecule has 0 aliphatic carbocycles. The highest BCUT2D eigenvalue weighted by molar-refractivity contribution is 5.96. The third kappa shape index (κ3) is 8.23. The molecule has 3 rings (SSSR count). The lowest BCUT2D eigenvalue weighted by Crippen LogP contribution is -2.46. The van der Waals surface area contributed by atoms with Crippen LogP contribution in [0.1, 0.15) is 73.3 Å². The average Bonchev–Trinajstić information content (AvgIpc) is 3.35. The number of aryl methyl sites for hydroxylation is 1. The summed E-state index contributed by atoms with van der Waals surface area (Å²) in [6.45, 7) is 11.4. The van der Waals surface area contributed by atoms with Crippen LogP contribution in [-0.2, 0) is 24.1 Å². The summed E-state index contributed by atoms with van der Waals surface area (Å²) in [6.07, 6.45) is -1.07. The molecule has 0 saturated carbocycles. The first kappa shape index (κ1) is 31.0. The van der Waals surface area contributed by atoms with Gasteiger partial charge in [-0.25, -0.2) is 0 Å². The topological polar surface area (TPSA) is 45.6 Å². The molecule has 2 aromatic carbocycles. The molecule has 1 atom stereocenters. The summed E-state index contributed by atoms with van der Waals surface area (Å²) in [6, 6.07) is 16.3. The molecule has 0 saturated heterocycles. The van der Waals surface area contributed by atoms with Crippen molar-refractivity contribution in [1.29, 1.82) is 0 Å². The van der Waals surface area contributed by atoms with E-state index in [1.807, 2.05) is 58.2 Å². The molecule has 1 aromatic heterocycles. The van der Waals surface area contributed by atoms with Gasteiger partial charge in [0, 0.05) is 36.6 Å². The van der Waals surface area contributed by atoms with Gasteiger partial charge in [-0.1, -0.05) is 45.0 Å². The van der Waals surface area contributed by atoms with Crippen LogP contribution < -0.4 is 0 Å². The predicted molar refractivity (Wildman–Crippen MR) is 152 cm³/mol. The van der Waals surface area contributed by atoms with Gasteiger partial charge < -0.3 is 14.4 Å². The van der Waals surface area contributed by atoms with Crippen molar-refractivity contribution >= 4 is 11.8 Å². The summed E-state index contributed by atoms with van der Waals surface area (Å²) in [5, 5.41) is 0. The molecule has 0 fully saturated rings. The molecule has 0 radical (unpaired) electrons. The molecule has 0 aliphatic rings. The van der Waals surface area contributed by atoms with Crippen molar-refractivity contribution in [3.8, 4) is 0 Å². The third-order valence-electron chi connectivity index (χ3n) is 7.35. The maximum atomic E-state index is 13.7. The Morgan fingerprint density at radius 1 is 0.950 bits per heavy atom. The van der Waals surface area contributed by atoms with E-state index in [1.54, 1.807) is 4.90 Å². The van der Waals surface area contributed by atoms with Gasteiger partial charge in [-0.15, -0.1) is 0 Å². The summed E-state index contributed by atoms with van der Waals surface area (Å²) in [5.41, 5.74) is 2.69. The smallest absolute Gasteiger partial charge is 0.345 e. The lowest BCUT2D eigenvalue weighted by molar-refractivity contribution is -0.137. The van der Waals surface area contributed by atoms with Crippen LogP contribution in [0, 0.1) is 12.8 Å². The molecule has 2 amide bonds. The molecular weight excluding hydrogens is 515 g/mol. The van der Waals surface area contributed by atoms with E-state index in [9.17, 15) is 22.8 Å². The molecule has 0 aliphatic heterocycles. The van der Waals surface area contributed by atoms with E-state index in [2.05, 4.69) is 23.6 Å². The number of carbonyl (C=O) groups excluding carboxylic acids is 2. The monoisotopic (exact) mass is 555 g/mol. The number of hydrogen-bond donors (Lipinski definition) is 0. The summed E-state index contributed by atoms with van der Waals surface area (Å²) >= 11 is 0. The predicted octanol–water partition coefficient (Wildman–Crippen LogP) is 7.18. The Bertz CT molecular complexity index is 1260. The lowest BCUT2D eigenvalue weighted by Gasteiger charge is -2.32. The van der Waals surface area contributed by atoms with Crippen molar-refractivity contribution in [1.82, 2.24) is 14.4 Å². The Morgan fingerprint density at radius 3 is 2.23 bits per heavy atom. The Balaban J connectivity index is 1.82. The zero-order chi connectivity index (χ0) is 29.4. The Morgan fingerprint density at radius 2 is 1.62 bits per heavy atom. The average molecular weight is 556 g/mol. The zero-order valence-corrected chi connectivity index (χ0v) is 24.0. The van der Waals surface area contributed by atoms with Crippen LogP contribution in [0.3, 0.4) is 0 Å². The standard InChI is InChI=1S/C32H40F3N3O2/c1-6-25(5)38(21-29-12-9-18-36(29)20-27-11-8-7-10-24(27)4)30(39)22-37(19-17-23(2)3)31(40)26-13-15-28(16-14-26)32(33,34)35/h7-16,18,23,25H,6,17,19-22H2,1-5H3. The number of benzene rings is 2. The third-order valence-corrected chi connectivity index (χ3v) is 7.35. The highest BCUT2D eigenvalue weighted by Gasteiger charge is 2.31. The Labute approximate surface area is 235 Å². The van der Waals surface area contributed by atoms with Gasteiger partial charge in [-0.3, -0.25) is 9.59 Å². The van der Waals surface area contributed by atoms with Crippen LogP contribution >= 0.6 is 0 Å². The number of alkyl halides is 3. The minimum atomic E-state index is -4.48. The van der Waals surface area contributed by atoms with E-state index in [0.717, 1.165) is 24.2 Å². The highest BCUT2D eigenvalue weighted by Crippen LogP contribution is 2.29. The van der Waals surface area contributed by atoms with Crippen molar-refractivity contribution in [3.63, 3.8) is 0 Å². The van der Waals surface area contributed by atoms with Crippen LogP contribution in [0.4, 0.5) is 13.2 Å². The number of carbonyl (C=O) groups is 2. The van der Waals surface area contributed by atoms with Gasteiger partial charge >= 0.3 is 6.18 Å². The van der Waals surface area contributed by atoms with E-state index in [0.29, 0.717) is 26.1 Å². The summed E-state index contributed by atoms with van der Waals surface area (Å²) < 4.78 is 41.2. The minimum Gasteiger partial charge on any atom is -0.345 e. The number of aromatic nitrogens is 1. The van der Waals surface area contributed by atoms with Crippen molar-refractivity contribution < 1.29 is 22.8 Å². The van der Waals surface area contributed by atoms with Crippen molar-refractivity contribution in [3.05, 3.63) is 94.8 Å². The van der Waals surface area contributed by atoms with Crippen LogP contribution in [0.15, 0.2) is 66.9 Å². The molecule has 216 valence electrons. The molecule has 1 unspecified atom stereocenters. The van der Waals surface area contributed by atoms with Gasteiger partial charge in [-0.05, 0) is 80.1 Å². The first-order valence-electron chi connectivity index (χ1n) is 13.8.